The first-order chi connectivity index (χ1) is 6.52. The largest absolute Gasteiger partial charge is 0.364 e. The summed E-state index contributed by atoms with van der Waals surface area (Å²) in [5.74, 6) is 0. The quantitative estimate of drug-likeness (QED) is 0.707. The van der Waals surface area contributed by atoms with Crippen molar-refractivity contribution in [3.05, 3.63) is 41.0 Å². The zero-order valence-corrected chi connectivity index (χ0v) is 8.78. The third-order valence-corrected chi connectivity index (χ3v) is 2.39. The molecule has 0 spiro atoms. The molecule has 1 rings (SSSR count). The third kappa shape index (κ3) is 2.44. The monoisotopic (exact) mass is 192 g/mol. The van der Waals surface area contributed by atoms with Gasteiger partial charge >= 0.3 is 0 Å². The Labute approximate surface area is 84.5 Å². The number of aliphatic hydroxyl groups is 2. The summed E-state index contributed by atoms with van der Waals surface area (Å²) in [5, 5.41) is 17.8. The van der Waals surface area contributed by atoms with Crippen molar-refractivity contribution in [3.8, 4) is 0 Å². The second kappa shape index (κ2) is 4.40. The van der Waals surface area contributed by atoms with E-state index in [-0.39, 0.29) is 0 Å². The molecule has 76 valence electrons. The zero-order chi connectivity index (χ0) is 10.7. The number of hydrogen-bond donors (Lipinski definition) is 2. The Hall–Kier alpha value is -1.12. The van der Waals surface area contributed by atoms with Crippen LogP contribution in [0, 0.1) is 0 Å². The first kappa shape index (κ1) is 11.0. The summed E-state index contributed by atoms with van der Waals surface area (Å²) in [5.41, 5.74) is 4.14. The smallest absolute Gasteiger partial charge is 0.178 e. The van der Waals surface area contributed by atoms with Crippen LogP contribution in [-0.2, 0) is 0 Å². The summed E-state index contributed by atoms with van der Waals surface area (Å²) in [7, 11) is 0. The van der Waals surface area contributed by atoms with Gasteiger partial charge in [-0.1, -0.05) is 29.8 Å². The van der Waals surface area contributed by atoms with Crippen LogP contribution < -0.4 is 0 Å². The van der Waals surface area contributed by atoms with Crippen molar-refractivity contribution in [2.75, 3.05) is 0 Å². The lowest BCUT2D eigenvalue weighted by Gasteiger charge is -2.07. The number of hydrogen-bond acceptors (Lipinski definition) is 2. The average Bonchev–Trinajstić information content (AvgIpc) is 2.16. The summed E-state index contributed by atoms with van der Waals surface area (Å²) in [4.78, 5) is 0. The highest BCUT2D eigenvalue weighted by atomic mass is 16.5. The summed E-state index contributed by atoms with van der Waals surface area (Å²) >= 11 is 0. The summed E-state index contributed by atoms with van der Waals surface area (Å²) in [6, 6.07) is 7.26. The third-order valence-electron chi connectivity index (χ3n) is 2.39. The van der Waals surface area contributed by atoms with Crippen molar-refractivity contribution in [3.63, 3.8) is 0 Å². The van der Waals surface area contributed by atoms with Gasteiger partial charge in [0.05, 0.1) is 0 Å². The van der Waals surface area contributed by atoms with Crippen LogP contribution in [-0.4, -0.2) is 10.2 Å². The van der Waals surface area contributed by atoms with Crippen molar-refractivity contribution in [2.45, 2.75) is 27.1 Å². The van der Waals surface area contributed by atoms with Gasteiger partial charge in [0, 0.05) is 5.56 Å². The number of aliphatic hydroxyl groups excluding tert-OH is 1. The molecule has 14 heavy (non-hydrogen) atoms. The highest BCUT2D eigenvalue weighted by Gasteiger charge is 2.02. The minimum atomic E-state index is -1.38. The van der Waals surface area contributed by atoms with Crippen molar-refractivity contribution >= 4 is 5.57 Å². The van der Waals surface area contributed by atoms with Gasteiger partial charge in [-0.25, -0.2) is 0 Å². The van der Waals surface area contributed by atoms with Gasteiger partial charge in [0.15, 0.2) is 6.29 Å². The topological polar surface area (TPSA) is 40.5 Å². The van der Waals surface area contributed by atoms with Gasteiger partial charge in [-0.05, 0) is 31.9 Å². The summed E-state index contributed by atoms with van der Waals surface area (Å²) < 4.78 is 0. The van der Waals surface area contributed by atoms with Crippen molar-refractivity contribution < 1.29 is 10.2 Å². The molecule has 0 atom stereocenters. The van der Waals surface area contributed by atoms with Crippen LogP contribution in [0.4, 0.5) is 0 Å². The minimum absolute atomic E-state index is 0.523. The second-order valence-corrected chi connectivity index (χ2v) is 3.62. The van der Waals surface area contributed by atoms with Gasteiger partial charge in [0.1, 0.15) is 0 Å². The first-order valence-corrected chi connectivity index (χ1v) is 4.63. The van der Waals surface area contributed by atoms with E-state index in [9.17, 15) is 0 Å². The lowest BCUT2D eigenvalue weighted by Crippen LogP contribution is -1.94. The Kier molecular flexibility index (Phi) is 3.44. The SMILES string of the molecule is CC(C)=C(C)c1ccc(C(O)O)cc1. The number of allylic oxidation sites excluding steroid dienone is 2. The van der Waals surface area contributed by atoms with E-state index in [1.807, 2.05) is 12.1 Å². The van der Waals surface area contributed by atoms with Crippen LogP contribution >= 0.6 is 0 Å². The highest BCUT2D eigenvalue weighted by Crippen LogP contribution is 2.19. The maximum atomic E-state index is 8.91. The maximum absolute atomic E-state index is 8.91. The molecule has 0 saturated heterocycles. The molecule has 2 heteroatoms. The van der Waals surface area contributed by atoms with E-state index in [0.29, 0.717) is 5.56 Å². The minimum Gasteiger partial charge on any atom is -0.364 e. The standard InChI is InChI=1S/C12H16O2/c1-8(2)9(3)10-4-6-11(7-5-10)12(13)14/h4-7,12-14H,1-3H3. The molecule has 0 fully saturated rings. The van der Waals surface area contributed by atoms with Gasteiger partial charge in [0.25, 0.3) is 0 Å². The Morgan fingerprint density at radius 1 is 1.00 bits per heavy atom. The molecule has 1 aromatic rings. The van der Waals surface area contributed by atoms with Crippen LogP contribution in [0.3, 0.4) is 0 Å². The lowest BCUT2D eigenvalue weighted by atomic mass is 10.0. The van der Waals surface area contributed by atoms with Crippen molar-refractivity contribution in [2.24, 2.45) is 0 Å². The van der Waals surface area contributed by atoms with Crippen molar-refractivity contribution in [1.82, 2.24) is 0 Å². The van der Waals surface area contributed by atoms with E-state index in [1.165, 1.54) is 11.1 Å². The molecular formula is C12H16O2. The first-order valence-electron chi connectivity index (χ1n) is 4.63. The molecule has 2 nitrogen and oxygen atoms in total. The molecule has 0 bridgehead atoms. The molecule has 2 N–H and O–H groups in total. The molecule has 0 aliphatic carbocycles. The van der Waals surface area contributed by atoms with Crippen LogP contribution in [0.2, 0.25) is 0 Å². The van der Waals surface area contributed by atoms with E-state index in [2.05, 4.69) is 20.8 Å². The van der Waals surface area contributed by atoms with Gasteiger partial charge < -0.3 is 10.2 Å². The molecule has 0 aromatic heterocycles. The van der Waals surface area contributed by atoms with E-state index in [1.54, 1.807) is 12.1 Å². The molecule has 0 heterocycles. The molecular weight excluding hydrogens is 176 g/mol. The predicted molar refractivity (Wildman–Crippen MR) is 57.6 cm³/mol. The van der Waals surface area contributed by atoms with Crippen LogP contribution in [0.25, 0.3) is 5.57 Å². The Balaban J connectivity index is 3.00. The molecule has 0 aliphatic rings. The van der Waals surface area contributed by atoms with Crippen LogP contribution in [0.1, 0.15) is 38.2 Å². The van der Waals surface area contributed by atoms with Crippen molar-refractivity contribution in [1.29, 1.82) is 0 Å². The van der Waals surface area contributed by atoms with Gasteiger partial charge in [-0.3, -0.25) is 0 Å². The van der Waals surface area contributed by atoms with Gasteiger partial charge in [-0.2, -0.15) is 0 Å². The lowest BCUT2D eigenvalue weighted by molar-refractivity contribution is -0.0424. The van der Waals surface area contributed by atoms with E-state index in [0.717, 1.165) is 5.56 Å². The normalized spacial score (nSPS) is 10.4. The van der Waals surface area contributed by atoms with E-state index < -0.39 is 6.29 Å². The number of rotatable bonds is 2. The molecule has 0 amide bonds. The summed E-state index contributed by atoms with van der Waals surface area (Å²) in [6.07, 6.45) is -1.38. The molecule has 0 aliphatic heterocycles. The second-order valence-electron chi connectivity index (χ2n) is 3.62. The van der Waals surface area contributed by atoms with Crippen LogP contribution in [0.5, 0.6) is 0 Å². The fraction of sp³-hybridized carbons (Fsp3) is 0.333. The highest BCUT2D eigenvalue weighted by molar-refractivity contribution is 5.66. The summed E-state index contributed by atoms with van der Waals surface area (Å²) in [6.45, 7) is 6.17. The molecule has 0 saturated carbocycles. The Bertz CT molecular complexity index is 330. The molecule has 1 aromatic carbocycles. The Morgan fingerprint density at radius 2 is 1.50 bits per heavy atom. The fourth-order valence-electron chi connectivity index (χ4n) is 1.19. The van der Waals surface area contributed by atoms with Gasteiger partial charge in [0.2, 0.25) is 0 Å². The van der Waals surface area contributed by atoms with Gasteiger partial charge in [-0.15, -0.1) is 0 Å². The predicted octanol–water partition coefficient (Wildman–Crippen LogP) is 2.48. The molecule has 0 radical (unpaired) electrons. The van der Waals surface area contributed by atoms with E-state index >= 15 is 0 Å². The zero-order valence-electron chi connectivity index (χ0n) is 8.78. The molecule has 0 unspecified atom stereocenters. The fourth-order valence-corrected chi connectivity index (χ4v) is 1.19. The Morgan fingerprint density at radius 3 is 1.86 bits per heavy atom. The maximum Gasteiger partial charge on any atom is 0.178 e. The van der Waals surface area contributed by atoms with E-state index in [4.69, 9.17) is 10.2 Å². The number of benzene rings is 1. The van der Waals surface area contributed by atoms with Crippen LogP contribution in [0.15, 0.2) is 29.8 Å². The average molecular weight is 192 g/mol.